The monoisotopic (exact) mass is 721 g/mol. The van der Waals surface area contributed by atoms with Gasteiger partial charge in [-0.25, -0.2) is 0 Å². The Kier molecular flexibility index (Phi) is 6.87. The number of rotatable bonds is 3. The van der Waals surface area contributed by atoms with Crippen LogP contribution in [0.3, 0.4) is 0 Å². The number of hydrogen-bond acceptors (Lipinski definition) is 2. The highest BCUT2D eigenvalue weighted by Crippen LogP contribution is 2.58. The van der Waals surface area contributed by atoms with E-state index in [0.29, 0.717) is 0 Å². The summed E-state index contributed by atoms with van der Waals surface area (Å²) in [5.41, 5.74) is 10.4. The van der Waals surface area contributed by atoms with Gasteiger partial charge in [-0.3, -0.25) is 0 Å². The Morgan fingerprint density at radius 1 is 0.400 bits per heavy atom. The van der Waals surface area contributed by atoms with Crippen LogP contribution in [-0.4, -0.2) is 8.07 Å². The first-order valence-corrected chi connectivity index (χ1v) is 21.3. The lowest BCUT2D eigenvalue weighted by Crippen LogP contribution is -2.79. The number of anilines is 3. The van der Waals surface area contributed by atoms with Crippen LogP contribution in [0.5, 0.6) is 11.5 Å². The second-order valence-electron chi connectivity index (χ2n) is 15.6. The molecule has 0 fully saturated rings. The molecule has 0 aromatic heterocycles. The van der Waals surface area contributed by atoms with E-state index in [1.54, 1.807) is 0 Å². The molecule has 0 N–H and O–H groups in total. The zero-order chi connectivity index (χ0) is 36.8. The van der Waals surface area contributed by atoms with Gasteiger partial charge in [0.15, 0.2) is 8.07 Å². The number of fused-ring (bicyclic) bond motifs is 10. The van der Waals surface area contributed by atoms with Gasteiger partial charge in [0.25, 0.3) is 0 Å². The van der Waals surface area contributed by atoms with Crippen molar-refractivity contribution in [3.8, 4) is 11.5 Å². The summed E-state index contributed by atoms with van der Waals surface area (Å²) in [5.74, 6) is 1.80. The molecule has 3 heterocycles. The van der Waals surface area contributed by atoms with Crippen molar-refractivity contribution in [3.05, 3.63) is 234 Å². The zero-order valence-electron chi connectivity index (χ0n) is 30.9. The second-order valence-corrected chi connectivity index (χ2v) is 19.3. The van der Waals surface area contributed by atoms with Crippen molar-refractivity contribution in [3.63, 3.8) is 0 Å². The minimum Gasteiger partial charge on any atom is -0.457 e. The number of nitrogens with zero attached hydrogens (tertiary/aromatic N) is 1. The third-order valence-corrected chi connectivity index (χ3v) is 17.5. The maximum absolute atomic E-state index is 6.82. The first-order chi connectivity index (χ1) is 27.1. The van der Waals surface area contributed by atoms with Crippen LogP contribution in [0.15, 0.2) is 200 Å². The van der Waals surface area contributed by atoms with Crippen molar-refractivity contribution in [2.24, 2.45) is 0 Å². The molecule has 0 saturated carbocycles. The number of hydrogen-bond donors (Lipinski definition) is 0. The van der Waals surface area contributed by atoms with Gasteiger partial charge in [0.1, 0.15) is 11.5 Å². The lowest BCUT2D eigenvalue weighted by molar-refractivity contribution is 0.435. The van der Waals surface area contributed by atoms with Crippen molar-refractivity contribution in [1.29, 1.82) is 0 Å². The molecule has 55 heavy (non-hydrogen) atoms. The molecule has 3 heteroatoms. The minimum atomic E-state index is -2.93. The van der Waals surface area contributed by atoms with E-state index >= 15 is 0 Å². The van der Waals surface area contributed by atoms with Crippen molar-refractivity contribution < 1.29 is 4.74 Å². The van der Waals surface area contributed by atoms with Crippen molar-refractivity contribution >= 4 is 45.9 Å². The highest BCUT2D eigenvalue weighted by atomic mass is 28.3. The molecule has 0 radical (unpaired) electrons. The van der Waals surface area contributed by atoms with Crippen LogP contribution in [0, 0.1) is 0 Å². The molecule has 0 amide bonds. The fraction of sp³-hybridized carbons (Fsp3) is 0.0769. The smallest absolute Gasteiger partial charge is 0.180 e. The summed E-state index contributed by atoms with van der Waals surface area (Å²) in [7, 11) is -2.93. The average Bonchev–Trinajstić information content (AvgIpc) is 3.25. The lowest BCUT2D eigenvalue weighted by Gasteiger charge is -2.51. The van der Waals surface area contributed by atoms with E-state index in [0.717, 1.165) is 17.2 Å². The van der Waals surface area contributed by atoms with E-state index in [-0.39, 0.29) is 5.41 Å². The molecule has 0 bridgehead atoms. The third kappa shape index (κ3) is 4.19. The molecule has 8 aromatic rings. The molecule has 0 aliphatic carbocycles. The quantitative estimate of drug-likeness (QED) is 0.169. The summed E-state index contributed by atoms with van der Waals surface area (Å²) in [6.07, 6.45) is 0. The lowest BCUT2D eigenvalue weighted by atomic mass is 9.63. The van der Waals surface area contributed by atoms with Crippen LogP contribution >= 0.6 is 0 Å². The van der Waals surface area contributed by atoms with Gasteiger partial charge in [0.2, 0.25) is 0 Å². The maximum atomic E-state index is 6.82. The summed E-state index contributed by atoms with van der Waals surface area (Å²) in [5, 5.41) is 5.57. The van der Waals surface area contributed by atoms with E-state index in [1.165, 1.54) is 65.5 Å². The predicted octanol–water partition coefficient (Wildman–Crippen LogP) is 9.97. The van der Waals surface area contributed by atoms with E-state index in [1.807, 2.05) is 0 Å². The van der Waals surface area contributed by atoms with Crippen molar-refractivity contribution in [1.82, 2.24) is 0 Å². The Bertz CT molecular complexity index is 2650. The van der Waals surface area contributed by atoms with Crippen LogP contribution in [0.1, 0.15) is 47.2 Å². The molecule has 11 rings (SSSR count). The van der Waals surface area contributed by atoms with Crippen LogP contribution in [0.2, 0.25) is 0 Å². The topological polar surface area (TPSA) is 12.5 Å². The SMILES string of the molecule is CC1(C)c2ccccc2N(c2ccc3c(c2)C2(c4ccccc4Oc4ccccc42)c2ccccc2[Si]3(c2ccccc2)c2ccccc2)c2ccccc21. The van der Waals surface area contributed by atoms with E-state index < -0.39 is 13.5 Å². The first-order valence-electron chi connectivity index (χ1n) is 19.3. The van der Waals surface area contributed by atoms with Crippen LogP contribution < -0.4 is 30.4 Å². The van der Waals surface area contributed by atoms with Gasteiger partial charge in [-0.15, -0.1) is 0 Å². The molecule has 3 aliphatic heterocycles. The van der Waals surface area contributed by atoms with Gasteiger partial charge in [0.05, 0.1) is 16.8 Å². The van der Waals surface area contributed by atoms with Crippen LogP contribution in [0.4, 0.5) is 17.1 Å². The largest absolute Gasteiger partial charge is 0.457 e. The van der Waals surface area contributed by atoms with Gasteiger partial charge in [0, 0.05) is 22.2 Å². The Morgan fingerprint density at radius 3 is 1.40 bits per heavy atom. The standard InChI is InChI=1S/C52H39NOSi/c1-51(2)39-23-9-14-28-45(39)53(46-29-15-10-24-40(46)51)36-33-34-50-44(35-36)52(41-25-11-16-30-47(41)54-48-31-17-12-26-42(48)52)43-27-13-18-32-49(43)55(50,37-19-5-3-6-20-37)38-21-7-4-8-22-38/h3-35H,1-2H3. The molecular weight excluding hydrogens is 683 g/mol. The molecule has 3 aliphatic rings. The van der Waals surface area contributed by atoms with Crippen LogP contribution in [0.25, 0.3) is 0 Å². The summed E-state index contributed by atoms with van der Waals surface area (Å²) in [4.78, 5) is 2.51. The molecule has 8 aromatic carbocycles. The van der Waals surface area contributed by atoms with E-state index in [2.05, 4.69) is 219 Å². The summed E-state index contributed by atoms with van der Waals surface area (Å²) in [6.45, 7) is 4.71. The molecule has 262 valence electrons. The minimum absolute atomic E-state index is 0.153. The molecule has 0 unspecified atom stereocenters. The highest BCUT2D eigenvalue weighted by molar-refractivity contribution is 7.20. The third-order valence-electron chi connectivity index (χ3n) is 12.7. The van der Waals surface area contributed by atoms with E-state index in [4.69, 9.17) is 4.74 Å². The van der Waals surface area contributed by atoms with Crippen molar-refractivity contribution in [2.75, 3.05) is 4.90 Å². The molecule has 2 nitrogen and oxygen atoms in total. The molecular formula is C52H39NOSi. The van der Waals surface area contributed by atoms with Crippen molar-refractivity contribution in [2.45, 2.75) is 24.7 Å². The van der Waals surface area contributed by atoms with Gasteiger partial charge < -0.3 is 9.64 Å². The zero-order valence-corrected chi connectivity index (χ0v) is 31.9. The van der Waals surface area contributed by atoms with Gasteiger partial charge >= 0.3 is 0 Å². The summed E-state index contributed by atoms with van der Waals surface area (Å²) in [6, 6.07) is 74.8. The number of ether oxygens (including phenoxy) is 1. The van der Waals surface area contributed by atoms with Gasteiger partial charge in [-0.2, -0.15) is 0 Å². The number of para-hydroxylation sites is 4. The fourth-order valence-electron chi connectivity index (χ4n) is 10.4. The normalized spacial score (nSPS) is 16.0. The Hall–Kier alpha value is -6.42. The Labute approximate surface area is 324 Å². The Morgan fingerprint density at radius 2 is 0.836 bits per heavy atom. The fourth-order valence-corrected chi connectivity index (χ4v) is 15.7. The Balaban J connectivity index is 1.33. The molecule has 1 spiro atoms. The molecule has 0 saturated heterocycles. The first kappa shape index (κ1) is 32.0. The highest BCUT2D eigenvalue weighted by Gasteiger charge is 2.57. The summed E-state index contributed by atoms with van der Waals surface area (Å²) >= 11 is 0. The average molecular weight is 722 g/mol. The van der Waals surface area contributed by atoms with Gasteiger partial charge in [-0.1, -0.05) is 178 Å². The van der Waals surface area contributed by atoms with Gasteiger partial charge in [-0.05, 0) is 79.4 Å². The maximum Gasteiger partial charge on any atom is 0.180 e. The predicted molar refractivity (Wildman–Crippen MR) is 229 cm³/mol. The number of benzene rings is 8. The molecule has 0 atom stereocenters. The summed E-state index contributed by atoms with van der Waals surface area (Å²) < 4.78 is 6.82. The van der Waals surface area contributed by atoms with Crippen LogP contribution in [-0.2, 0) is 10.8 Å². The van der Waals surface area contributed by atoms with E-state index in [9.17, 15) is 0 Å². The second kappa shape index (κ2) is 11.8.